The fourth-order valence-electron chi connectivity index (χ4n) is 3.89. The number of ether oxygens (including phenoxy) is 3. The molecule has 11 nitrogen and oxygen atoms in total. The number of phenolic OH excluding ortho intramolecular Hbond substituents is 1. The molecule has 33 heavy (non-hydrogen) atoms. The van der Waals surface area contributed by atoms with E-state index in [9.17, 15) is 39.9 Å². The lowest BCUT2D eigenvalue weighted by molar-refractivity contribution is -0.421. The van der Waals surface area contributed by atoms with Gasteiger partial charge < -0.3 is 35.0 Å². The third-order valence-electron chi connectivity index (χ3n) is 5.47. The topological polar surface area (TPSA) is 180 Å². The molecule has 5 atom stereocenters. The highest BCUT2D eigenvalue weighted by Crippen LogP contribution is 2.43. The molecule has 0 aromatic heterocycles. The molecular weight excluding hydrogens is 440 g/mol. The average molecular weight is 460 g/mol. The molecule has 2 aliphatic rings. The molecule has 2 aromatic rings. The Morgan fingerprint density at radius 1 is 1.00 bits per heavy atom. The molecule has 0 amide bonds. The van der Waals surface area contributed by atoms with Crippen LogP contribution in [0.2, 0.25) is 0 Å². The Labute approximate surface area is 186 Å². The molecule has 1 aliphatic heterocycles. The minimum Gasteiger partial charge on any atom is -0.504 e. The number of aliphatic hydroxyl groups excluding tert-OH is 4. The molecule has 1 aliphatic carbocycles. The van der Waals surface area contributed by atoms with Crippen LogP contribution in [0, 0.1) is 0 Å². The molecule has 1 heterocycles. The van der Waals surface area contributed by atoms with E-state index in [1.54, 1.807) is 6.07 Å². The van der Waals surface area contributed by atoms with Crippen molar-refractivity contribution in [3.8, 4) is 11.5 Å². The number of fused-ring (bicyclic) bond motifs is 2. The molecule has 0 unspecified atom stereocenters. The van der Waals surface area contributed by atoms with Gasteiger partial charge in [-0.15, -0.1) is 0 Å². The highest BCUT2D eigenvalue weighted by Gasteiger charge is 2.59. The summed E-state index contributed by atoms with van der Waals surface area (Å²) in [4.78, 5) is 38.0. The van der Waals surface area contributed by atoms with Gasteiger partial charge in [-0.25, -0.2) is 0 Å². The Balaban J connectivity index is 1.88. The summed E-state index contributed by atoms with van der Waals surface area (Å²) in [6.07, 6.45) is -7.63. The first kappa shape index (κ1) is 22.8. The predicted octanol–water partition coefficient (Wildman–Crippen LogP) is -0.763. The first-order valence-corrected chi connectivity index (χ1v) is 9.87. The Kier molecular flexibility index (Phi) is 5.68. The zero-order valence-corrected chi connectivity index (χ0v) is 17.2. The summed E-state index contributed by atoms with van der Waals surface area (Å²) in [5.41, 5.74) is -0.355. The molecule has 2 aromatic carbocycles. The predicted molar refractivity (Wildman–Crippen MR) is 107 cm³/mol. The zero-order valence-electron chi connectivity index (χ0n) is 17.2. The van der Waals surface area contributed by atoms with Crippen molar-refractivity contribution in [2.24, 2.45) is 0 Å². The van der Waals surface area contributed by atoms with Crippen molar-refractivity contribution >= 4 is 17.5 Å². The van der Waals surface area contributed by atoms with Crippen LogP contribution in [0.1, 0.15) is 38.8 Å². The van der Waals surface area contributed by atoms with Gasteiger partial charge in [-0.05, 0) is 12.1 Å². The number of carbonyl (C=O) groups is 3. The van der Waals surface area contributed by atoms with Gasteiger partial charge in [-0.3, -0.25) is 19.1 Å². The van der Waals surface area contributed by atoms with E-state index >= 15 is 0 Å². The summed E-state index contributed by atoms with van der Waals surface area (Å²) in [5.74, 6) is -6.52. The maximum absolute atomic E-state index is 13.2. The van der Waals surface area contributed by atoms with Gasteiger partial charge in [0.25, 0.3) is 0 Å². The van der Waals surface area contributed by atoms with Crippen molar-refractivity contribution in [1.29, 1.82) is 0 Å². The molecule has 4 rings (SSSR count). The van der Waals surface area contributed by atoms with Gasteiger partial charge in [0.15, 0.2) is 29.2 Å². The summed E-state index contributed by atoms with van der Waals surface area (Å²) in [5, 5.41) is 50.9. The van der Waals surface area contributed by atoms with Crippen molar-refractivity contribution in [2.75, 3.05) is 6.61 Å². The molecule has 0 bridgehead atoms. The normalized spacial score (nSPS) is 28.6. The third kappa shape index (κ3) is 3.56. The Morgan fingerprint density at radius 3 is 2.24 bits per heavy atom. The third-order valence-corrected chi connectivity index (χ3v) is 5.47. The lowest BCUT2D eigenvalue weighted by Crippen LogP contribution is -2.68. The fraction of sp³-hybridized carbons (Fsp3) is 0.318. The molecule has 0 saturated carbocycles. The second kappa shape index (κ2) is 8.21. The van der Waals surface area contributed by atoms with E-state index in [0.29, 0.717) is 0 Å². The minimum absolute atomic E-state index is 0.0285. The fourth-order valence-corrected chi connectivity index (χ4v) is 3.89. The monoisotopic (exact) mass is 460 g/mol. The van der Waals surface area contributed by atoms with Crippen LogP contribution in [0.25, 0.3) is 0 Å². The zero-order chi connectivity index (χ0) is 24.1. The highest BCUT2D eigenvalue weighted by molar-refractivity contribution is 6.29. The van der Waals surface area contributed by atoms with E-state index in [0.717, 1.165) is 13.0 Å². The molecular formula is C22H20O11. The lowest BCUT2D eigenvalue weighted by Gasteiger charge is -2.46. The number of phenols is 1. The van der Waals surface area contributed by atoms with Gasteiger partial charge in [0.1, 0.15) is 18.3 Å². The number of rotatable bonds is 4. The van der Waals surface area contributed by atoms with Crippen LogP contribution in [0.3, 0.4) is 0 Å². The Morgan fingerprint density at radius 2 is 1.64 bits per heavy atom. The van der Waals surface area contributed by atoms with Gasteiger partial charge in [0, 0.05) is 23.6 Å². The van der Waals surface area contributed by atoms with Crippen molar-refractivity contribution in [3.63, 3.8) is 0 Å². The largest absolute Gasteiger partial charge is 0.504 e. The number of benzene rings is 2. The first-order valence-electron chi connectivity index (χ1n) is 9.87. The van der Waals surface area contributed by atoms with Crippen LogP contribution < -0.4 is 4.74 Å². The summed E-state index contributed by atoms with van der Waals surface area (Å²) < 4.78 is 15.9. The van der Waals surface area contributed by atoms with Crippen LogP contribution in [-0.4, -0.2) is 80.1 Å². The molecule has 0 spiro atoms. The lowest BCUT2D eigenvalue weighted by atomic mass is 9.83. The maximum atomic E-state index is 13.2. The van der Waals surface area contributed by atoms with Crippen molar-refractivity contribution < 1.29 is 54.1 Å². The van der Waals surface area contributed by atoms with Crippen LogP contribution in [0.5, 0.6) is 11.5 Å². The van der Waals surface area contributed by atoms with E-state index in [-0.39, 0.29) is 22.3 Å². The average Bonchev–Trinajstić information content (AvgIpc) is 2.79. The standard InChI is InChI=1S/C22H20O11/c1-9(24)31-22(21(30)19(29)18(28)14(8-23)32-22)33-20-13(25)7-6-12-15(20)17(27)11-5-3-2-4-10(11)16(12)26/h2-7,14,18-19,21,23,25,28-30H,8H2,1H3/t14-,18-,19+,21-,22+/m1/s1. The maximum Gasteiger partial charge on any atom is 0.404 e. The first-order chi connectivity index (χ1) is 15.6. The van der Waals surface area contributed by atoms with Crippen molar-refractivity contribution in [3.05, 3.63) is 58.7 Å². The number of esters is 1. The van der Waals surface area contributed by atoms with Gasteiger partial charge in [-0.2, -0.15) is 0 Å². The van der Waals surface area contributed by atoms with Crippen LogP contribution >= 0.6 is 0 Å². The summed E-state index contributed by atoms with van der Waals surface area (Å²) in [6.45, 7) is 0.0544. The molecule has 11 heteroatoms. The highest BCUT2D eigenvalue weighted by atomic mass is 16.9. The van der Waals surface area contributed by atoms with Gasteiger partial charge >= 0.3 is 11.9 Å². The van der Waals surface area contributed by atoms with Gasteiger partial charge in [0.2, 0.25) is 0 Å². The van der Waals surface area contributed by atoms with Crippen molar-refractivity contribution in [1.82, 2.24) is 0 Å². The number of aromatic hydroxyl groups is 1. The van der Waals surface area contributed by atoms with Crippen molar-refractivity contribution in [2.45, 2.75) is 37.3 Å². The van der Waals surface area contributed by atoms with E-state index < -0.39 is 66.0 Å². The Bertz CT molecular complexity index is 1140. The molecule has 5 N–H and O–H groups in total. The van der Waals surface area contributed by atoms with E-state index in [1.807, 2.05) is 0 Å². The van der Waals surface area contributed by atoms with E-state index in [2.05, 4.69) is 0 Å². The minimum atomic E-state index is -2.88. The second-order valence-electron chi connectivity index (χ2n) is 7.60. The molecule has 1 saturated heterocycles. The number of carbonyl (C=O) groups excluding carboxylic acids is 3. The summed E-state index contributed by atoms with van der Waals surface area (Å²) >= 11 is 0. The second-order valence-corrected chi connectivity index (χ2v) is 7.60. The van der Waals surface area contributed by atoms with Gasteiger partial charge in [0.05, 0.1) is 12.2 Å². The summed E-state index contributed by atoms with van der Waals surface area (Å²) in [7, 11) is 0. The van der Waals surface area contributed by atoms with Gasteiger partial charge in [-0.1, -0.05) is 24.3 Å². The SMILES string of the molecule is CC(=O)O[C@]1(Oc2c(O)ccc3c2C(=O)c2ccccc2C3=O)O[C@H](CO)[C@@H](O)[C@H](O)[C@H]1O. The quantitative estimate of drug-likeness (QED) is 0.244. The van der Waals surface area contributed by atoms with Crippen LogP contribution in [0.4, 0.5) is 0 Å². The van der Waals surface area contributed by atoms with Crippen LogP contribution in [0.15, 0.2) is 36.4 Å². The van der Waals surface area contributed by atoms with E-state index in [4.69, 9.17) is 14.2 Å². The molecule has 174 valence electrons. The number of hydrogen-bond acceptors (Lipinski definition) is 11. The number of hydrogen-bond donors (Lipinski definition) is 5. The molecule has 0 radical (unpaired) electrons. The number of ketones is 2. The van der Waals surface area contributed by atoms with E-state index in [1.165, 1.54) is 24.3 Å². The summed E-state index contributed by atoms with van der Waals surface area (Å²) in [6, 6.07) is 8.25. The number of aliphatic hydroxyl groups is 4. The van der Waals surface area contributed by atoms with Crippen LogP contribution in [-0.2, 0) is 14.3 Å². The molecule has 1 fully saturated rings. The Hall–Kier alpha value is -3.35. The smallest absolute Gasteiger partial charge is 0.404 e.